The van der Waals surface area contributed by atoms with Crippen LogP contribution in [0.5, 0.6) is 0 Å². The summed E-state index contributed by atoms with van der Waals surface area (Å²) in [5.74, 6) is 1.18. The molecule has 1 saturated heterocycles. The van der Waals surface area contributed by atoms with E-state index in [4.69, 9.17) is 5.73 Å². The highest BCUT2D eigenvalue weighted by Crippen LogP contribution is 2.25. The molecule has 1 unspecified atom stereocenters. The largest absolute Gasteiger partial charge is 0.354 e. The number of hydrogen-bond acceptors (Lipinski definition) is 3. The van der Waals surface area contributed by atoms with Crippen molar-refractivity contribution in [2.45, 2.75) is 30.6 Å². The summed E-state index contributed by atoms with van der Waals surface area (Å²) >= 11 is 1.94. The summed E-state index contributed by atoms with van der Waals surface area (Å²) in [5, 5.41) is 3.54. The average Bonchev–Trinajstić information content (AvgIpc) is 2.90. The zero-order valence-electron chi connectivity index (χ0n) is 10.5. The third-order valence-corrected chi connectivity index (χ3v) is 4.56. The van der Waals surface area contributed by atoms with Gasteiger partial charge in [0.15, 0.2) is 0 Å². The zero-order chi connectivity index (χ0) is 12.8. The van der Waals surface area contributed by atoms with Crippen molar-refractivity contribution in [1.82, 2.24) is 5.32 Å². The Kier molecular flexibility index (Phi) is 5.08. The summed E-state index contributed by atoms with van der Waals surface area (Å²) in [4.78, 5) is 11.9. The van der Waals surface area contributed by atoms with Crippen LogP contribution >= 0.6 is 11.8 Å². The van der Waals surface area contributed by atoms with Crippen molar-refractivity contribution in [2.24, 2.45) is 5.73 Å². The molecule has 0 radical (unpaired) electrons. The number of carbonyl (C=O) groups excluding carboxylic acids is 1. The fraction of sp³-hybridized carbons (Fsp3) is 0.500. The van der Waals surface area contributed by atoms with Crippen LogP contribution in [-0.2, 0) is 11.2 Å². The number of thioether (sulfide) groups is 1. The van der Waals surface area contributed by atoms with Crippen LogP contribution in [0.4, 0.5) is 0 Å². The molecule has 0 aliphatic carbocycles. The molecule has 1 amide bonds. The van der Waals surface area contributed by atoms with Crippen molar-refractivity contribution in [3.8, 4) is 0 Å². The third-order valence-electron chi connectivity index (χ3n) is 3.16. The van der Waals surface area contributed by atoms with Gasteiger partial charge in [-0.1, -0.05) is 30.3 Å². The molecule has 2 atom stereocenters. The van der Waals surface area contributed by atoms with Crippen molar-refractivity contribution in [3.05, 3.63) is 35.9 Å². The van der Waals surface area contributed by atoms with Crippen LogP contribution in [-0.4, -0.2) is 29.5 Å². The molecule has 1 fully saturated rings. The minimum Gasteiger partial charge on any atom is -0.354 e. The van der Waals surface area contributed by atoms with E-state index in [-0.39, 0.29) is 5.91 Å². The van der Waals surface area contributed by atoms with Crippen LogP contribution in [0.1, 0.15) is 18.4 Å². The van der Waals surface area contributed by atoms with Gasteiger partial charge >= 0.3 is 0 Å². The number of nitrogens with two attached hydrogens (primary N) is 1. The van der Waals surface area contributed by atoms with Gasteiger partial charge in [0.25, 0.3) is 0 Å². The first-order valence-corrected chi connectivity index (χ1v) is 7.49. The molecular weight excluding hydrogens is 244 g/mol. The van der Waals surface area contributed by atoms with Crippen LogP contribution in [0.3, 0.4) is 0 Å². The summed E-state index contributed by atoms with van der Waals surface area (Å²) in [6.07, 6.45) is 3.07. The highest BCUT2D eigenvalue weighted by atomic mass is 32.2. The molecule has 2 rings (SSSR count). The van der Waals surface area contributed by atoms with E-state index in [0.717, 1.165) is 12.1 Å². The standard InChI is InChI=1S/C14H20N2OS/c15-13(9-11-5-2-1-3-6-11)14(17)16-10-12-7-4-8-18-12/h1-3,5-6,12-13H,4,7-10,15H2,(H,16,17)/t12?,13-/m1/s1. The number of nitrogens with one attached hydrogen (secondary N) is 1. The molecule has 0 aromatic heterocycles. The van der Waals surface area contributed by atoms with E-state index in [0.29, 0.717) is 11.7 Å². The summed E-state index contributed by atoms with van der Waals surface area (Å²) in [6.45, 7) is 0.756. The Morgan fingerprint density at radius 1 is 1.44 bits per heavy atom. The van der Waals surface area contributed by atoms with Gasteiger partial charge in [0, 0.05) is 11.8 Å². The smallest absolute Gasteiger partial charge is 0.237 e. The molecule has 0 saturated carbocycles. The second-order valence-corrected chi connectivity index (χ2v) is 6.08. The maximum atomic E-state index is 11.9. The first kappa shape index (κ1) is 13.4. The SMILES string of the molecule is N[C@H](Cc1ccccc1)C(=O)NCC1CCCS1. The molecule has 1 aromatic carbocycles. The zero-order valence-corrected chi connectivity index (χ0v) is 11.3. The fourth-order valence-electron chi connectivity index (χ4n) is 2.11. The lowest BCUT2D eigenvalue weighted by Gasteiger charge is -2.14. The molecule has 1 aromatic rings. The molecule has 3 N–H and O–H groups in total. The van der Waals surface area contributed by atoms with E-state index < -0.39 is 6.04 Å². The number of hydrogen-bond donors (Lipinski definition) is 2. The molecule has 98 valence electrons. The first-order chi connectivity index (χ1) is 8.75. The number of benzene rings is 1. The molecule has 1 aliphatic heterocycles. The lowest BCUT2D eigenvalue weighted by Crippen LogP contribution is -2.43. The maximum Gasteiger partial charge on any atom is 0.237 e. The second kappa shape index (κ2) is 6.81. The molecule has 0 spiro atoms. The Hall–Kier alpha value is -1.00. The Balaban J connectivity index is 1.74. The van der Waals surface area contributed by atoms with Gasteiger partial charge in [0.1, 0.15) is 0 Å². The monoisotopic (exact) mass is 264 g/mol. The Labute approximate surface area is 113 Å². The van der Waals surface area contributed by atoms with Crippen LogP contribution in [0.25, 0.3) is 0 Å². The van der Waals surface area contributed by atoms with Gasteiger partial charge in [-0.3, -0.25) is 4.79 Å². The van der Waals surface area contributed by atoms with Gasteiger partial charge in [-0.05, 0) is 30.6 Å². The highest BCUT2D eigenvalue weighted by Gasteiger charge is 2.18. The van der Waals surface area contributed by atoms with E-state index in [9.17, 15) is 4.79 Å². The van der Waals surface area contributed by atoms with Gasteiger partial charge in [-0.15, -0.1) is 0 Å². The van der Waals surface area contributed by atoms with Crippen molar-refractivity contribution < 1.29 is 4.79 Å². The van der Waals surface area contributed by atoms with E-state index >= 15 is 0 Å². The maximum absolute atomic E-state index is 11.9. The van der Waals surface area contributed by atoms with E-state index in [1.807, 2.05) is 42.1 Å². The molecule has 0 bridgehead atoms. The van der Waals surface area contributed by atoms with Crippen molar-refractivity contribution in [2.75, 3.05) is 12.3 Å². The van der Waals surface area contributed by atoms with E-state index in [1.165, 1.54) is 18.6 Å². The summed E-state index contributed by atoms with van der Waals surface area (Å²) < 4.78 is 0. The van der Waals surface area contributed by atoms with Crippen molar-refractivity contribution in [3.63, 3.8) is 0 Å². The molecule has 1 aliphatic rings. The Morgan fingerprint density at radius 3 is 2.89 bits per heavy atom. The number of carbonyl (C=O) groups is 1. The fourth-order valence-corrected chi connectivity index (χ4v) is 3.31. The average molecular weight is 264 g/mol. The van der Waals surface area contributed by atoms with Crippen LogP contribution in [0.2, 0.25) is 0 Å². The summed E-state index contributed by atoms with van der Waals surface area (Å²) in [6, 6.07) is 9.45. The van der Waals surface area contributed by atoms with Gasteiger partial charge in [0.2, 0.25) is 5.91 Å². The van der Waals surface area contributed by atoms with E-state index in [1.54, 1.807) is 0 Å². The molecule has 3 nitrogen and oxygen atoms in total. The molecule has 1 heterocycles. The minimum atomic E-state index is -0.446. The first-order valence-electron chi connectivity index (χ1n) is 6.44. The van der Waals surface area contributed by atoms with Crippen LogP contribution in [0.15, 0.2) is 30.3 Å². The minimum absolute atomic E-state index is 0.0358. The molecule has 18 heavy (non-hydrogen) atoms. The third kappa shape index (κ3) is 4.03. The van der Waals surface area contributed by atoms with Crippen molar-refractivity contribution >= 4 is 17.7 Å². The second-order valence-electron chi connectivity index (χ2n) is 4.68. The van der Waals surface area contributed by atoms with Gasteiger partial charge in [-0.25, -0.2) is 0 Å². The van der Waals surface area contributed by atoms with Crippen LogP contribution < -0.4 is 11.1 Å². The Bertz CT molecular complexity index is 377. The number of amides is 1. The van der Waals surface area contributed by atoms with Gasteiger partial charge in [0.05, 0.1) is 6.04 Å². The molecule has 4 heteroatoms. The van der Waals surface area contributed by atoms with Gasteiger partial charge in [-0.2, -0.15) is 11.8 Å². The predicted molar refractivity (Wildman–Crippen MR) is 76.6 cm³/mol. The quantitative estimate of drug-likeness (QED) is 0.849. The summed E-state index contributed by atoms with van der Waals surface area (Å²) in [5.41, 5.74) is 7.02. The lowest BCUT2D eigenvalue weighted by molar-refractivity contribution is -0.122. The van der Waals surface area contributed by atoms with Crippen molar-refractivity contribution in [1.29, 1.82) is 0 Å². The topological polar surface area (TPSA) is 55.1 Å². The Morgan fingerprint density at radius 2 is 2.22 bits per heavy atom. The molecular formula is C14H20N2OS. The predicted octanol–water partition coefficient (Wildman–Crippen LogP) is 1.57. The van der Waals surface area contributed by atoms with E-state index in [2.05, 4.69) is 5.32 Å². The van der Waals surface area contributed by atoms with Crippen LogP contribution in [0, 0.1) is 0 Å². The van der Waals surface area contributed by atoms with Gasteiger partial charge < -0.3 is 11.1 Å². The number of rotatable bonds is 5. The highest BCUT2D eigenvalue weighted by molar-refractivity contribution is 8.00. The summed E-state index contributed by atoms with van der Waals surface area (Å²) in [7, 11) is 0. The lowest BCUT2D eigenvalue weighted by atomic mass is 10.1. The normalized spacial score (nSPS) is 20.6.